The van der Waals surface area contributed by atoms with Crippen LogP contribution < -0.4 is 10.2 Å². The molecule has 1 aromatic carbocycles. The first-order valence-electron chi connectivity index (χ1n) is 6.80. The summed E-state index contributed by atoms with van der Waals surface area (Å²) >= 11 is 0. The summed E-state index contributed by atoms with van der Waals surface area (Å²) in [6.45, 7) is 5.96. The molecule has 1 heterocycles. The molecule has 0 aromatic heterocycles. The van der Waals surface area contributed by atoms with Gasteiger partial charge in [0.15, 0.2) is 0 Å². The van der Waals surface area contributed by atoms with Crippen LogP contribution >= 0.6 is 0 Å². The lowest BCUT2D eigenvalue weighted by Crippen LogP contribution is -2.54. The van der Waals surface area contributed by atoms with Crippen molar-refractivity contribution in [3.8, 4) is 6.07 Å². The molecule has 2 rings (SSSR count). The average Bonchev–Trinajstić information content (AvgIpc) is 2.47. The van der Waals surface area contributed by atoms with Gasteiger partial charge in [-0.3, -0.25) is 4.79 Å². The number of rotatable bonds is 3. The fourth-order valence-corrected chi connectivity index (χ4v) is 2.51. The van der Waals surface area contributed by atoms with Crippen LogP contribution in [0.2, 0.25) is 0 Å². The van der Waals surface area contributed by atoms with E-state index >= 15 is 0 Å². The standard InChI is InChI=1S/C15H19N3O2/c1-3-17-15(19)13-10-20-8-7-18(13)14-11(2)5-4-6-12(14)9-16/h4-6,13H,3,7-8,10H2,1-2H3,(H,17,19). The van der Waals surface area contributed by atoms with Crippen molar-refractivity contribution >= 4 is 11.6 Å². The molecule has 1 aromatic rings. The Hall–Kier alpha value is -2.06. The van der Waals surface area contributed by atoms with Gasteiger partial charge in [0.2, 0.25) is 5.91 Å². The minimum absolute atomic E-state index is 0.0562. The van der Waals surface area contributed by atoms with Crippen LogP contribution in [0.5, 0.6) is 0 Å². The molecular formula is C15H19N3O2. The third-order valence-electron chi connectivity index (χ3n) is 3.43. The fraction of sp³-hybridized carbons (Fsp3) is 0.467. The van der Waals surface area contributed by atoms with E-state index in [1.807, 2.05) is 30.9 Å². The highest BCUT2D eigenvalue weighted by molar-refractivity contribution is 5.86. The third-order valence-corrected chi connectivity index (χ3v) is 3.43. The quantitative estimate of drug-likeness (QED) is 0.899. The smallest absolute Gasteiger partial charge is 0.245 e. The van der Waals surface area contributed by atoms with Crippen molar-refractivity contribution in [2.75, 3.05) is 31.2 Å². The second-order valence-corrected chi connectivity index (χ2v) is 4.76. The second-order valence-electron chi connectivity index (χ2n) is 4.76. The molecular weight excluding hydrogens is 254 g/mol. The molecule has 5 heteroatoms. The molecule has 1 aliphatic rings. The lowest BCUT2D eigenvalue weighted by Gasteiger charge is -2.37. The van der Waals surface area contributed by atoms with Crippen LogP contribution in [0, 0.1) is 18.3 Å². The number of carbonyl (C=O) groups excluding carboxylic acids is 1. The minimum atomic E-state index is -0.378. The van der Waals surface area contributed by atoms with Crippen molar-refractivity contribution in [3.05, 3.63) is 29.3 Å². The summed E-state index contributed by atoms with van der Waals surface area (Å²) in [6.07, 6.45) is 0. The average molecular weight is 273 g/mol. The first-order chi connectivity index (χ1) is 9.69. The van der Waals surface area contributed by atoms with Gasteiger partial charge in [0.25, 0.3) is 0 Å². The van der Waals surface area contributed by atoms with Gasteiger partial charge in [-0.15, -0.1) is 0 Å². The van der Waals surface area contributed by atoms with Gasteiger partial charge in [-0.2, -0.15) is 5.26 Å². The maximum absolute atomic E-state index is 12.2. The molecule has 0 spiro atoms. The largest absolute Gasteiger partial charge is 0.377 e. The van der Waals surface area contributed by atoms with Crippen molar-refractivity contribution in [2.45, 2.75) is 19.9 Å². The van der Waals surface area contributed by atoms with E-state index in [0.29, 0.717) is 31.9 Å². The van der Waals surface area contributed by atoms with Gasteiger partial charge < -0.3 is 15.0 Å². The predicted molar refractivity (Wildman–Crippen MR) is 76.5 cm³/mol. The molecule has 1 atom stereocenters. The van der Waals surface area contributed by atoms with Gasteiger partial charge in [0.1, 0.15) is 12.1 Å². The molecule has 5 nitrogen and oxygen atoms in total. The van der Waals surface area contributed by atoms with Gasteiger partial charge in [0.05, 0.1) is 24.5 Å². The molecule has 1 unspecified atom stereocenters. The van der Waals surface area contributed by atoms with E-state index in [4.69, 9.17) is 4.74 Å². The number of hydrogen-bond donors (Lipinski definition) is 1. The Morgan fingerprint density at radius 3 is 3.10 bits per heavy atom. The molecule has 1 N–H and O–H groups in total. The summed E-state index contributed by atoms with van der Waals surface area (Å²) < 4.78 is 5.43. The van der Waals surface area contributed by atoms with Crippen LogP contribution in [0.15, 0.2) is 18.2 Å². The number of morpholine rings is 1. The first kappa shape index (κ1) is 14.4. The molecule has 1 amide bonds. The summed E-state index contributed by atoms with van der Waals surface area (Å²) in [6, 6.07) is 7.44. The monoisotopic (exact) mass is 273 g/mol. The highest BCUT2D eigenvalue weighted by Crippen LogP contribution is 2.28. The van der Waals surface area contributed by atoms with E-state index in [1.165, 1.54) is 0 Å². The van der Waals surface area contributed by atoms with Gasteiger partial charge in [-0.25, -0.2) is 0 Å². The van der Waals surface area contributed by atoms with Crippen LogP contribution in [0.1, 0.15) is 18.1 Å². The Balaban J connectivity index is 2.38. The number of aryl methyl sites for hydroxylation is 1. The topological polar surface area (TPSA) is 65.4 Å². The Bertz CT molecular complexity index is 536. The molecule has 0 aliphatic carbocycles. The zero-order valence-electron chi connectivity index (χ0n) is 11.8. The van der Waals surface area contributed by atoms with E-state index in [2.05, 4.69) is 11.4 Å². The minimum Gasteiger partial charge on any atom is -0.377 e. The highest BCUT2D eigenvalue weighted by Gasteiger charge is 2.31. The van der Waals surface area contributed by atoms with Crippen molar-refractivity contribution in [1.29, 1.82) is 5.26 Å². The van der Waals surface area contributed by atoms with Crippen molar-refractivity contribution in [1.82, 2.24) is 5.32 Å². The van der Waals surface area contributed by atoms with Crippen molar-refractivity contribution < 1.29 is 9.53 Å². The molecule has 1 aliphatic heterocycles. The maximum atomic E-state index is 12.2. The lowest BCUT2D eigenvalue weighted by atomic mass is 10.0. The highest BCUT2D eigenvalue weighted by atomic mass is 16.5. The second kappa shape index (κ2) is 6.40. The van der Waals surface area contributed by atoms with Crippen LogP contribution in [-0.2, 0) is 9.53 Å². The van der Waals surface area contributed by atoms with Crippen molar-refractivity contribution in [2.24, 2.45) is 0 Å². The van der Waals surface area contributed by atoms with Crippen LogP contribution in [-0.4, -0.2) is 38.3 Å². The Kier molecular flexibility index (Phi) is 4.59. The zero-order chi connectivity index (χ0) is 14.5. The molecule has 0 bridgehead atoms. The van der Waals surface area contributed by atoms with E-state index in [0.717, 1.165) is 11.3 Å². The molecule has 0 saturated carbocycles. The molecule has 106 valence electrons. The summed E-state index contributed by atoms with van der Waals surface area (Å²) in [7, 11) is 0. The number of nitrogens with one attached hydrogen (secondary N) is 1. The number of nitrogens with zero attached hydrogens (tertiary/aromatic N) is 2. The van der Waals surface area contributed by atoms with Gasteiger partial charge in [-0.1, -0.05) is 12.1 Å². The number of nitriles is 1. The Morgan fingerprint density at radius 1 is 1.60 bits per heavy atom. The normalized spacial score (nSPS) is 18.4. The molecule has 20 heavy (non-hydrogen) atoms. The first-order valence-corrected chi connectivity index (χ1v) is 6.80. The third kappa shape index (κ3) is 2.75. The van der Waals surface area contributed by atoms with E-state index < -0.39 is 0 Å². The number of carbonyl (C=O) groups is 1. The van der Waals surface area contributed by atoms with E-state index in [-0.39, 0.29) is 11.9 Å². The fourth-order valence-electron chi connectivity index (χ4n) is 2.51. The Morgan fingerprint density at radius 2 is 2.40 bits per heavy atom. The SMILES string of the molecule is CCNC(=O)C1COCCN1c1c(C)cccc1C#N. The van der Waals surface area contributed by atoms with Crippen LogP contribution in [0.25, 0.3) is 0 Å². The molecule has 1 saturated heterocycles. The van der Waals surface area contributed by atoms with E-state index in [1.54, 1.807) is 6.07 Å². The molecule has 1 fully saturated rings. The van der Waals surface area contributed by atoms with Crippen molar-refractivity contribution in [3.63, 3.8) is 0 Å². The summed E-state index contributed by atoms with van der Waals surface area (Å²) in [5.41, 5.74) is 2.44. The van der Waals surface area contributed by atoms with Crippen LogP contribution in [0.4, 0.5) is 5.69 Å². The summed E-state index contributed by atoms with van der Waals surface area (Å²) in [4.78, 5) is 14.2. The number of para-hydroxylation sites is 1. The number of likely N-dealkylation sites (N-methyl/N-ethyl adjacent to an activating group) is 1. The summed E-state index contributed by atoms with van der Waals surface area (Å²) in [5, 5.41) is 12.1. The molecule has 0 radical (unpaired) electrons. The van der Waals surface area contributed by atoms with Gasteiger partial charge in [-0.05, 0) is 25.5 Å². The van der Waals surface area contributed by atoms with Gasteiger partial charge in [0, 0.05) is 13.1 Å². The van der Waals surface area contributed by atoms with E-state index in [9.17, 15) is 10.1 Å². The van der Waals surface area contributed by atoms with Gasteiger partial charge >= 0.3 is 0 Å². The number of hydrogen-bond acceptors (Lipinski definition) is 4. The number of ether oxygens (including phenoxy) is 1. The zero-order valence-corrected chi connectivity index (χ0v) is 11.8. The number of amides is 1. The predicted octanol–water partition coefficient (Wildman–Crippen LogP) is 1.21. The Labute approximate surface area is 119 Å². The van der Waals surface area contributed by atoms with Crippen LogP contribution in [0.3, 0.4) is 0 Å². The maximum Gasteiger partial charge on any atom is 0.245 e. The summed E-state index contributed by atoms with van der Waals surface area (Å²) in [5.74, 6) is -0.0562. The lowest BCUT2D eigenvalue weighted by molar-refractivity contribution is -0.124. The number of benzene rings is 1. The number of anilines is 1.